The Bertz CT molecular complexity index is 244. The van der Waals surface area contributed by atoms with Crippen molar-refractivity contribution in [3.05, 3.63) is 10.4 Å². The molecule has 0 aromatic rings. The predicted octanol–water partition coefficient (Wildman–Crippen LogP) is 1.23. The average molecular weight is 212 g/mol. The van der Waals surface area contributed by atoms with E-state index in [1.165, 1.54) is 0 Å². The Morgan fingerprint density at radius 2 is 2.47 bits per heavy atom. The lowest BCUT2D eigenvalue weighted by Crippen LogP contribution is -2.31. The van der Waals surface area contributed by atoms with Crippen molar-refractivity contribution in [1.82, 2.24) is 5.32 Å². The molecule has 0 radical (unpaired) electrons. The van der Waals surface area contributed by atoms with Crippen LogP contribution in [0.1, 0.15) is 19.3 Å². The van der Waals surface area contributed by atoms with E-state index in [-0.39, 0.29) is 11.8 Å². The SMILES string of the molecule is [N-]=[N+]=NCCCCNC(=O)C1CCOC1. The molecular weight excluding hydrogens is 196 g/mol. The van der Waals surface area contributed by atoms with Crippen LogP contribution in [0.2, 0.25) is 0 Å². The molecule has 84 valence electrons. The van der Waals surface area contributed by atoms with Crippen LogP contribution >= 0.6 is 0 Å². The summed E-state index contributed by atoms with van der Waals surface area (Å²) in [6, 6.07) is 0. The van der Waals surface area contributed by atoms with Crippen LogP contribution in [0, 0.1) is 5.92 Å². The molecular formula is C9H16N4O2. The fourth-order valence-corrected chi connectivity index (χ4v) is 1.45. The molecule has 1 fully saturated rings. The molecule has 1 heterocycles. The maximum atomic E-state index is 11.5. The molecule has 0 aromatic carbocycles. The minimum Gasteiger partial charge on any atom is -0.381 e. The third-order valence-corrected chi connectivity index (χ3v) is 2.35. The minimum atomic E-state index is 0.0297. The monoisotopic (exact) mass is 212 g/mol. The number of unbranched alkanes of at least 4 members (excludes halogenated alkanes) is 1. The molecule has 0 bridgehead atoms. The van der Waals surface area contributed by atoms with Crippen LogP contribution in [0.15, 0.2) is 5.11 Å². The highest BCUT2D eigenvalue weighted by Crippen LogP contribution is 2.11. The number of hydrogen-bond donors (Lipinski definition) is 1. The molecule has 15 heavy (non-hydrogen) atoms. The summed E-state index contributed by atoms with van der Waals surface area (Å²) in [5.74, 6) is 0.110. The van der Waals surface area contributed by atoms with Crippen molar-refractivity contribution in [2.75, 3.05) is 26.3 Å². The van der Waals surface area contributed by atoms with Crippen molar-refractivity contribution >= 4 is 5.91 Å². The van der Waals surface area contributed by atoms with E-state index in [0.29, 0.717) is 26.3 Å². The first-order chi connectivity index (χ1) is 7.34. The molecule has 1 N–H and O–H groups in total. The predicted molar refractivity (Wildman–Crippen MR) is 55.2 cm³/mol. The number of rotatable bonds is 6. The van der Waals surface area contributed by atoms with Gasteiger partial charge in [0.15, 0.2) is 0 Å². The van der Waals surface area contributed by atoms with Crippen molar-refractivity contribution in [2.24, 2.45) is 11.0 Å². The summed E-state index contributed by atoms with van der Waals surface area (Å²) in [6.45, 7) is 2.38. The number of carbonyl (C=O) groups excluding carboxylic acids is 1. The molecule has 1 atom stereocenters. The lowest BCUT2D eigenvalue weighted by Gasteiger charge is -2.08. The fraction of sp³-hybridized carbons (Fsp3) is 0.889. The first kappa shape index (κ1) is 11.8. The molecule has 0 aliphatic carbocycles. The van der Waals surface area contributed by atoms with Gasteiger partial charge in [-0.1, -0.05) is 5.11 Å². The van der Waals surface area contributed by atoms with Gasteiger partial charge in [-0.25, -0.2) is 0 Å². The van der Waals surface area contributed by atoms with Gasteiger partial charge >= 0.3 is 0 Å². The zero-order valence-corrected chi connectivity index (χ0v) is 8.69. The molecule has 1 amide bonds. The van der Waals surface area contributed by atoms with E-state index >= 15 is 0 Å². The Morgan fingerprint density at radius 1 is 1.60 bits per heavy atom. The van der Waals surface area contributed by atoms with Crippen LogP contribution in [0.3, 0.4) is 0 Å². The maximum Gasteiger partial charge on any atom is 0.225 e. The Morgan fingerprint density at radius 3 is 3.13 bits per heavy atom. The highest BCUT2D eigenvalue weighted by molar-refractivity contribution is 5.78. The number of azide groups is 1. The Hall–Kier alpha value is -1.26. The van der Waals surface area contributed by atoms with Crippen molar-refractivity contribution in [1.29, 1.82) is 0 Å². The van der Waals surface area contributed by atoms with Crippen LogP contribution in [0.4, 0.5) is 0 Å². The molecule has 1 unspecified atom stereocenters. The summed E-state index contributed by atoms with van der Waals surface area (Å²) < 4.78 is 5.12. The van der Waals surface area contributed by atoms with Gasteiger partial charge in [-0.05, 0) is 24.8 Å². The maximum absolute atomic E-state index is 11.5. The second-order valence-corrected chi connectivity index (χ2v) is 3.51. The van der Waals surface area contributed by atoms with E-state index in [0.717, 1.165) is 19.3 Å². The first-order valence-corrected chi connectivity index (χ1v) is 5.21. The molecule has 6 nitrogen and oxygen atoms in total. The van der Waals surface area contributed by atoms with Crippen LogP contribution in [-0.4, -0.2) is 32.2 Å². The van der Waals surface area contributed by atoms with E-state index in [1.807, 2.05) is 0 Å². The number of nitrogens with zero attached hydrogens (tertiary/aromatic N) is 3. The molecule has 1 rings (SSSR count). The van der Waals surface area contributed by atoms with Gasteiger partial charge in [0.25, 0.3) is 0 Å². The summed E-state index contributed by atoms with van der Waals surface area (Å²) >= 11 is 0. The molecule has 0 spiro atoms. The van der Waals surface area contributed by atoms with Crippen molar-refractivity contribution in [2.45, 2.75) is 19.3 Å². The van der Waals surface area contributed by atoms with Gasteiger partial charge in [-0.15, -0.1) is 0 Å². The van der Waals surface area contributed by atoms with Gasteiger partial charge in [-0.2, -0.15) is 0 Å². The Balaban J connectivity index is 1.99. The Kier molecular flexibility index (Phi) is 5.58. The summed E-state index contributed by atoms with van der Waals surface area (Å²) in [5, 5.41) is 6.26. The van der Waals surface area contributed by atoms with Crippen LogP contribution in [0.5, 0.6) is 0 Å². The Labute approximate surface area is 88.6 Å². The highest BCUT2D eigenvalue weighted by atomic mass is 16.5. The van der Waals surface area contributed by atoms with Gasteiger partial charge in [0.05, 0.1) is 12.5 Å². The molecule has 0 aromatic heterocycles. The van der Waals surface area contributed by atoms with Gasteiger partial charge < -0.3 is 10.1 Å². The van der Waals surface area contributed by atoms with Gasteiger partial charge in [-0.3, -0.25) is 4.79 Å². The number of hydrogen-bond acceptors (Lipinski definition) is 3. The van der Waals surface area contributed by atoms with E-state index in [1.54, 1.807) is 0 Å². The quantitative estimate of drug-likeness (QED) is 0.310. The van der Waals surface area contributed by atoms with Crippen molar-refractivity contribution in [3.63, 3.8) is 0 Å². The number of carbonyl (C=O) groups is 1. The second kappa shape index (κ2) is 7.09. The van der Waals surface area contributed by atoms with Gasteiger partial charge in [0.1, 0.15) is 0 Å². The third kappa shape index (κ3) is 4.67. The number of amides is 1. The largest absolute Gasteiger partial charge is 0.381 e. The summed E-state index contributed by atoms with van der Waals surface area (Å²) in [4.78, 5) is 14.1. The lowest BCUT2D eigenvalue weighted by molar-refractivity contribution is -0.124. The minimum absolute atomic E-state index is 0.0297. The fourth-order valence-electron chi connectivity index (χ4n) is 1.45. The van der Waals surface area contributed by atoms with Crippen LogP contribution < -0.4 is 5.32 Å². The molecule has 1 saturated heterocycles. The van der Waals surface area contributed by atoms with Crippen LogP contribution in [0.25, 0.3) is 10.4 Å². The summed E-state index contributed by atoms with van der Waals surface area (Å²) in [6.07, 6.45) is 2.48. The standard InChI is InChI=1S/C9H16N4O2/c10-13-12-5-2-1-4-11-9(14)8-3-6-15-7-8/h8H,1-7H2,(H,11,14). The summed E-state index contributed by atoms with van der Waals surface area (Å²) in [7, 11) is 0. The van der Waals surface area contributed by atoms with Gasteiger partial charge in [0, 0.05) is 24.6 Å². The third-order valence-electron chi connectivity index (χ3n) is 2.35. The zero-order valence-electron chi connectivity index (χ0n) is 8.69. The number of nitrogens with one attached hydrogen (secondary N) is 1. The first-order valence-electron chi connectivity index (χ1n) is 5.21. The van der Waals surface area contributed by atoms with Gasteiger partial charge in [0.2, 0.25) is 5.91 Å². The second-order valence-electron chi connectivity index (χ2n) is 3.51. The zero-order chi connectivity index (χ0) is 10.9. The number of ether oxygens (including phenoxy) is 1. The average Bonchev–Trinajstić information content (AvgIpc) is 2.76. The molecule has 0 saturated carbocycles. The van der Waals surface area contributed by atoms with E-state index in [4.69, 9.17) is 10.3 Å². The van der Waals surface area contributed by atoms with E-state index in [2.05, 4.69) is 15.3 Å². The van der Waals surface area contributed by atoms with Crippen molar-refractivity contribution < 1.29 is 9.53 Å². The van der Waals surface area contributed by atoms with E-state index < -0.39 is 0 Å². The van der Waals surface area contributed by atoms with Crippen LogP contribution in [-0.2, 0) is 9.53 Å². The smallest absolute Gasteiger partial charge is 0.225 e. The topological polar surface area (TPSA) is 87.1 Å². The molecule has 1 aliphatic rings. The normalized spacial score (nSPS) is 19.6. The highest BCUT2D eigenvalue weighted by Gasteiger charge is 2.22. The molecule has 1 aliphatic heterocycles. The van der Waals surface area contributed by atoms with Crippen molar-refractivity contribution in [3.8, 4) is 0 Å². The molecule has 6 heteroatoms. The lowest BCUT2D eigenvalue weighted by atomic mass is 10.1. The van der Waals surface area contributed by atoms with E-state index in [9.17, 15) is 4.79 Å². The summed E-state index contributed by atoms with van der Waals surface area (Å²) in [5.41, 5.74) is 8.03.